The number of carboxylic acid groups (broad SMARTS) is 1. The SMILES string of the molecule is COC(CC(=O)O)Cn1nnnc1-c1cccc(F)c1Cl. The fraction of sp³-hybridized carbons (Fsp3) is 0.333. The van der Waals surface area contributed by atoms with Crippen LogP contribution in [0.2, 0.25) is 5.02 Å². The molecule has 0 aliphatic carbocycles. The van der Waals surface area contributed by atoms with Gasteiger partial charge in [0.15, 0.2) is 5.82 Å². The second-order valence-corrected chi connectivity index (χ2v) is 4.62. The molecule has 0 aliphatic rings. The molecule has 0 saturated heterocycles. The maximum atomic E-state index is 13.5. The predicted molar refractivity (Wildman–Crippen MR) is 71.3 cm³/mol. The van der Waals surface area contributed by atoms with Gasteiger partial charge in [0.05, 0.1) is 24.1 Å². The normalized spacial score (nSPS) is 12.3. The van der Waals surface area contributed by atoms with Crippen molar-refractivity contribution in [2.75, 3.05) is 7.11 Å². The molecule has 21 heavy (non-hydrogen) atoms. The molecule has 0 fully saturated rings. The summed E-state index contributed by atoms with van der Waals surface area (Å²) in [7, 11) is 1.40. The number of tetrazole rings is 1. The zero-order chi connectivity index (χ0) is 15.4. The lowest BCUT2D eigenvalue weighted by atomic mass is 10.2. The molecule has 1 unspecified atom stereocenters. The molecule has 1 atom stereocenters. The van der Waals surface area contributed by atoms with Crippen molar-refractivity contribution in [1.29, 1.82) is 0 Å². The summed E-state index contributed by atoms with van der Waals surface area (Å²) in [5, 5.41) is 19.8. The minimum atomic E-state index is -1.000. The fourth-order valence-corrected chi connectivity index (χ4v) is 2.02. The summed E-state index contributed by atoms with van der Waals surface area (Å²) in [5.74, 6) is -1.34. The van der Waals surface area contributed by atoms with Gasteiger partial charge in [0.1, 0.15) is 5.82 Å². The average Bonchev–Trinajstić information content (AvgIpc) is 2.88. The van der Waals surface area contributed by atoms with Gasteiger partial charge in [-0.25, -0.2) is 9.07 Å². The molecule has 112 valence electrons. The summed E-state index contributed by atoms with van der Waals surface area (Å²) >= 11 is 5.90. The summed E-state index contributed by atoms with van der Waals surface area (Å²) < 4.78 is 19.9. The first-order chi connectivity index (χ1) is 10.0. The first-order valence-corrected chi connectivity index (χ1v) is 6.36. The van der Waals surface area contributed by atoms with Crippen LogP contribution in [0, 0.1) is 5.82 Å². The summed E-state index contributed by atoms with van der Waals surface area (Å²) in [6, 6.07) is 4.29. The van der Waals surface area contributed by atoms with Crippen molar-refractivity contribution in [1.82, 2.24) is 20.2 Å². The molecular formula is C12H12ClFN4O3. The zero-order valence-corrected chi connectivity index (χ0v) is 11.8. The molecule has 0 spiro atoms. The van der Waals surface area contributed by atoms with Crippen LogP contribution in [0.15, 0.2) is 18.2 Å². The van der Waals surface area contributed by atoms with Crippen molar-refractivity contribution >= 4 is 17.6 Å². The number of carboxylic acids is 1. The van der Waals surface area contributed by atoms with Gasteiger partial charge in [-0.15, -0.1) is 5.10 Å². The molecule has 0 bridgehead atoms. The van der Waals surface area contributed by atoms with Crippen molar-refractivity contribution in [3.8, 4) is 11.4 Å². The molecule has 1 aromatic heterocycles. The minimum Gasteiger partial charge on any atom is -0.481 e. The van der Waals surface area contributed by atoms with Crippen LogP contribution < -0.4 is 0 Å². The molecule has 9 heteroatoms. The number of hydrogen-bond acceptors (Lipinski definition) is 5. The number of methoxy groups -OCH3 is 1. The monoisotopic (exact) mass is 314 g/mol. The Labute approximate surface area is 124 Å². The predicted octanol–water partition coefficient (Wildman–Crippen LogP) is 1.62. The maximum absolute atomic E-state index is 13.5. The Hall–Kier alpha value is -2.06. The number of aliphatic carboxylic acids is 1. The highest BCUT2D eigenvalue weighted by atomic mass is 35.5. The quantitative estimate of drug-likeness (QED) is 0.871. The molecule has 1 N–H and O–H groups in total. The standard InChI is InChI=1S/C12H12ClFN4O3/c1-21-7(5-10(19)20)6-18-12(15-16-17-18)8-3-2-4-9(14)11(8)13/h2-4,7H,5-6H2,1H3,(H,19,20). The van der Waals surface area contributed by atoms with Crippen molar-refractivity contribution < 1.29 is 19.0 Å². The Kier molecular flexibility index (Phi) is 4.81. The number of carbonyl (C=O) groups is 1. The molecule has 0 saturated carbocycles. The van der Waals surface area contributed by atoms with Crippen molar-refractivity contribution in [3.63, 3.8) is 0 Å². The van der Waals surface area contributed by atoms with Gasteiger partial charge < -0.3 is 9.84 Å². The first kappa shape index (κ1) is 15.3. The Balaban J connectivity index is 2.30. The molecule has 2 rings (SSSR count). The van der Waals surface area contributed by atoms with Gasteiger partial charge in [-0.1, -0.05) is 17.7 Å². The van der Waals surface area contributed by atoms with E-state index in [1.165, 1.54) is 23.9 Å². The van der Waals surface area contributed by atoms with Gasteiger partial charge in [0, 0.05) is 12.7 Å². The molecule has 1 aromatic carbocycles. The van der Waals surface area contributed by atoms with Gasteiger partial charge in [-0.2, -0.15) is 0 Å². The lowest BCUT2D eigenvalue weighted by Crippen LogP contribution is -2.23. The largest absolute Gasteiger partial charge is 0.481 e. The summed E-state index contributed by atoms with van der Waals surface area (Å²) in [5.41, 5.74) is 0.326. The third kappa shape index (κ3) is 3.53. The smallest absolute Gasteiger partial charge is 0.306 e. The summed E-state index contributed by atoms with van der Waals surface area (Å²) in [4.78, 5) is 10.7. The third-order valence-corrected chi connectivity index (χ3v) is 3.22. The van der Waals surface area contributed by atoms with Crippen LogP contribution in [0.1, 0.15) is 6.42 Å². The lowest BCUT2D eigenvalue weighted by molar-refractivity contribution is -0.140. The average molecular weight is 315 g/mol. The van der Waals surface area contributed by atoms with Gasteiger partial charge in [-0.3, -0.25) is 4.79 Å². The van der Waals surface area contributed by atoms with E-state index in [9.17, 15) is 9.18 Å². The Bertz CT molecular complexity index is 649. The number of nitrogens with zero attached hydrogens (tertiary/aromatic N) is 4. The van der Waals surface area contributed by atoms with Gasteiger partial charge in [0.25, 0.3) is 0 Å². The van der Waals surface area contributed by atoms with Crippen molar-refractivity contribution in [3.05, 3.63) is 29.0 Å². The van der Waals surface area contributed by atoms with Gasteiger partial charge in [0.2, 0.25) is 0 Å². The summed E-state index contributed by atoms with van der Waals surface area (Å²) in [6.07, 6.45) is -0.816. The van der Waals surface area contributed by atoms with Crippen LogP contribution in [0.5, 0.6) is 0 Å². The molecule has 2 aromatic rings. The second-order valence-electron chi connectivity index (χ2n) is 4.24. The minimum absolute atomic E-state index is 0.0965. The van der Waals surface area contributed by atoms with Crippen LogP contribution >= 0.6 is 11.6 Å². The van der Waals surface area contributed by atoms with E-state index in [2.05, 4.69) is 15.5 Å². The van der Waals surface area contributed by atoms with E-state index in [-0.39, 0.29) is 23.8 Å². The number of ether oxygens (including phenoxy) is 1. The fourth-order valence-electron chi connectivity index (χ4n) is 1.81. The highest BCUT2D eigenvalue weighted by molar-refractivity contribution is 6.33. The van der Waals surface area contributed by atoms with Crippen LogP contribution in [0.3, 0.4) is 0 Å². The van der Waals surface area contributed by atoms with Gasteiger partial charge in [-0.05, 0) is 22.6 Å². The van der Waals surface area contributed by atoms with Crippen LogP contribution in [-0.4, -0.2) is 44.5 Å². The highest BCUT2D eigenvalue weighted by Gasteiger charge is 2.19. The van der Waals surface area contributed by atoms with E-state index in [1.54, 1.807) is 6.07 Å². The zero-order valence-electron chi connectivity index (χ0n) is 11.0. The first-order valence-electron chi connectivity index (χ1n) is 5.98. The van der Waals surface area contributed by atoms with E-state index >= 15 is 0 Å². The van der Waals surface area contributed by atoms with Crippen LogP contribution in [0.4, 0.5) is 4.39 Å². The molecule has 7 nitrogen and oxygen atoms in total. The van der Waals surface area contributed by atoms with E-state index in [0.29, 0.717) is 5.56 Å². The number of halogens is 2. The number of rotatable bonds is 6. The Morgan fingerprint density at radius 2 is 2.33 bits per heavy atom. The van der Waals surface area contributed by atoms with E-state index in [1.807, 2.05) is 0 Å². The molecule has 0 amide bonds. The Morgan fingerprint density at radius 3 is 3.00 bits per heavy atom. The maximum Gasteiger partial charge on any atom is 0.306 e. The number of hydrogen-bond donors (Lipinski definition) is 1. The van der Waals surface area contributed by atoms with Crippen molar-refractivity contribution in [2.45, 2.75) is 19.1 Å². The van der Waals surface area contributed by atoms with Crippen LogP contribution in [-0.2, 0) is 16.1 Å². The number of aromatic nitrogens is 4. The number of benzene rings is 1. The highest BCUT2D eigenvalue weighted by Crippen LogP contribution is 2.28. The topological polar surface area (TPSA) is 90.1 Å². The van der Waals surface area contributed by atoms with E-state index < -0.39 is 17.9 Å². The molecule has 1 heterocycles. The Morgan fingerprint density at radius 1 is 1.57 bits per heavy atom. The second kappa shape index (κ2) is 6.59. The molecule has 0 aliphatic heterocycles. The molecular weight excluding hydrogens is 303 g/mol. The lowest BCUT2D eigenvalue weighted by Gasteiger charge is -2.14. The molecule has 0 radical (unpaired) electrons. The van der Waals surface area contributed by atoms with Crippen LogP contribution in [0.25, 0.3) is 11.4 Å². The van der Waals surface area contributed by atoms with Gasteiger partial charge >= 0.3 is 5.97 Å². The van der Waals surface area contributed by atoms with E-state index in [4.69, 9.17) is 21.4 Å². The van der Waals surface area contributed by atoms with Crippen molar-refractivity contribution in [2.24, 2.45) is 0 Å². The third-order valence-electron chi connectivity index (χ3n) is 2.84. The van der Waals surface area contributed by atoms with E-state index in [0.717, 1.165) is 0 Å². The summed E-state index contributed by atoms with van der Waals surface area (Å²) in [6.45, 7) is 0.109.